The lowest BCUT2D eigenvalue weighted by Crippen LogP contribution is -1.89. The molecule has 1 rings (SSSR count). The van der Waals surface area contributed by atoms with Crippen LogP contribution in [0.1, 0.15) is 19.4 Å². The number of halogens is 1. The molecule has 0 radical (unpaired) electrons. The van der Waals surface area contributed by atoms with Crippen LogP contribution >= 0.6 is 0 Å². The fourth-order valence-electron chi connectivity index (χ4n) is 1.16. The van der Waals surface area contributed by atoms with Crippen molar-refractivity contribution in [2.75, 3.05) is 0 Å². The molecular formula is C11H11FO. The number of hydrogen-bond donors (Lipinski definition) is 0. The van der Waals surface area contributed by atoms with Crippen molar-refractivity contribution in [3.63, 3.8) is 0 Å². The first-order chi connectivity index (χ1) is 6.11. The van der Waals surface area contributed by atoms with E-state index in [1.54, 1.807) is 25.1 Å². The first-order valence-electron chi connectivity index (χ1n) is 4.05. The quantitative estimate of drug-likeness (QED) is 0.636. The van der Waals surface area contributed by atoms with Crippen LogP contribution in [-0.4, -0.2) is 5.78 Å². The molecule has 0 fully saturated rings. The largest absolute Gasteiger partial charge is 0.295 e. The normalized spacial score (nSPS) is 11.5. The number of benzene rings is 1. The van der Waals surface area contributed by atoms with Gasteiger partial charge in [-0.05, 0) is 31.6 Å². The van der Waals surface area contributed by atoms with Crippen molar-refractivity contribution in [3.8, 4) is 0 Å². The van der Waals surface area contributed by atoms with E-state index >= 15 is 0 Å². The molecule has 0 heterocycles. The van der Waals surface area contributed by atoms with Gasteiger partial charge < -0.3 is 0 Å². The molecule has 0 N–H and O–H groups in total. The van der Waals surface area contributed by atoms with Gasteiger partial charge in [0.25, 0.3) is 0 Å². The van der Waals surface area contributed by atoms with Crippen LogP contribution in [0.2, 0.25) is 0 Å². The second-order valence-electron chi connectivity index (χ2n) is 2.92. The lowest BCUT2D eigenvalue weighted by Gasteiger charge is -2.01. The zero-order valence-corrected chi connectivity index (χ0v) is 7.67. The van der Waals surface area contributed by atoms with E-state index in [9.17, 15) is 9.18 Å². The summed E-state index contributed by atoms with van der Waals surface area (Å²) in [7, 11) is 0. The van der Waals surface area contributed by atoms with E-state index in [-0.39, 0.29) is 11.6 Å². The Bertz CT molecular complexity index is 353. The molecule has 1 aromatic rings. The van der Waals surface area contributed by atoms with Gasteiger partial charge in [-0.2, -0.15) is 0 Å². The fraction of sp³-hybridized carbons (Fsp3) is 0.182. The van der Waals surface area contributed by atoms with Gasteiger partial charge in [-0.25, -0.2) is 4.39 Å². The molecule has 0 bridgehead atoms. The second-order valence-corrected chi connectivity index (χ2v) is 2.92. The maximum Gasteiger partial charge on any atom is 0.152 e. The van der Waals surface area contributed by atoms with Crippen molar-refractivity contribution in [2.45, 2.75) is 13.8 Å². The summed E-state index contributed by atoms with van der Waals surface area (Å²) in [6.07, 6.45) is 1.43. The van der Waals surface area contributed by atoms with E-state index in [4.69, 9.17) is 0 Å². The Morgan fingerprint density at radius 3 is 2.46 bits per heavy atom. The predicted octanol–water partition coefficient (Wildman–Crippen LogP) is 2.82. The average Bonchev–Trinajstić information content (AvgIpc) is 2.03. The minimum atomic E-state index is -0.294. The van der Waals surface area contributed by atoms with Crippen LogP contribution in [0.25, 0.3) is 5.57 Å². The van der Waals surface area contributed by atoms with Gasteiger partial charge in [0.05, 0.1) is 0 Å². The van der Waals surface area contributed by atoms with Crippen LogP contribution in [0, 0.1) is 5.82 Å². The zero-order chi connectivity index (χ0) is 9.84. The SMILES string of the molecule is CC(=O)/C=C(/C)c1ccccc1F. The first-order valence-corrected chi connectivity index (χ1v) is 4.05. The third-order valence-electron chi connectivity index (χ3n) is 1.72. The van der Waals surface area contributed by atoms with E-state index < -0.39 is 0 Å². The van der Waals surface area contributed by atoms with E-state index in [2.05, 4.69) is 0 Å². The third-order valence-corrected chi connectivity index (χ3v) is 1.72. The lowest BCUT2D eigenvalue weighted by molar-refractivity contribution is -0.112. The Hall–Kier alpha value is -1.44. The molecule has 0 atom stereocenters. The summed E-state index contributed by atoms with van der Waals surface area (Å²) in [5, 5.41) is 0. The van der Waals surface area contributed by atoms with Crippen LogP contribution in [0.5, 0.6) is 0 Å². The Morgan fingerprint density at radius 2 is 1.92 bits per heavy atom. The summed E-state index contributed by atoms with van der Waals surface area (Å²) in [6.45, 7) is 3.17. The van der Waals surface area contributed by atoms with Crippen molar-refractivity contribution in [2.24, 2.45) is 0 Å². The highest BCUT2D eigenvalue weighted by Gasteiger charge is 2.02. The zero-order valence-electron chi connectivity index (χ0n) is 7.67. The first kappa shape index (κ1) is 9.65. The fourth-order valence-corrected chi connectivity index (χ4v) is 1.16. The number of rotatable bonds is 2. The van der Waals surface area contributed by atoms with Crippen molar-refractivity contribution in [1.82, 2.24) is 0 Å². The third kappa shape index (κ3) is 2.51. The van der Waals surface area contributed by atoms with Crippen molar-refractivity contribution in [3.05, 3.63) is 41.7 Å². The number of carbonyl (C=O) groups is 1. The topological polar surface area (TPSA) is 17.1 Å². The van der Waals surface area contributed by atoms with Crippen LogP contribution in [-0.2, 0) is 4.79 Å². The molecule has 0 saturated carbocycles. The van der Waals surface area contributed by atoms with Gasteiger partial charge in [0.15, 0.2) is 5.78 Å². The molecule has 2 heteroatoms. The lowest BCUT2D eigenvalue weighted by atomic mass is 10.1. The predicted molar refractivity (Wildman–Crippen MR) is 50.7 cm³/mol. The molecule has 1 aromatic carbocycles. The highest BCUT2D eigenvalue weighted by molar-refractivity contribution is 5.94. The summed E-state index contributed by atoms with van der Waals surface area (Å²) in [4.78, 5) is 10.7. The van der Waals surface area contributed by atoms with Gasteiger partial charge in [-0.1, -0.05) is 18.2 Å². The standard InChI is InChI=1S/C11H11FO/c1-8(7-9(2)13)10-5-3-4-6-11(10)12/h3-7H,1-2H3/b8-7-. The Balaban J connectivity index is 3.08. The molecule has 0 aliphatic carbocycles. The van der Waals surface area contributed by atoms with Crippen molar-refractivity contribution < 1.29 is 9.18 Å². The molecule has 1 nitrogen and oxygen atoms in total. The van der Waals surface area contributed by atoms with Gasteiger partial charge in [-0.15, -0.1) is 0 Å². The summed E-state index contributed by atoms with van der Waals surface area (Å²) < 4.78 is 13.1. The highest BCUT2D eigenvalue weighted by Crippen LogP contribution is 2.16. The van der Waals surface area contributed by atoms with Crippen molar-refractivity contribution >= 4 is 11.4 Å². The van der Waals surface area contributed by atoms with Crippen LogP contribution in [0.15, 0.2) is 30.3 Å². The molecule has 0 aliphatic rings. The summed E-state index contributed by atoms with van der Waals surface area (Å²) >= 11 is 0. The van der Waals surface area contributed by atoms with E-state index in [1.807, 2.05) is 0 Å². The molecule has 68 valence electrons. The molecule has 0 aliphatic heterocycles. The molecule has 0 spiro atoms. The van der Waals surface area contributed by atoms with Gasteiger partial charge in [0.2, 0.25) is 0 Å². The van der Waals surface area contributed by atoms with Gasteiger partial charge in [0.1, 0.15) is 5.82 Å². The average molecular weight is 178 g/mol. The molecule has 0 aromatic heterocycles. The second kappa shape index (κ2) is 3.99. The minimum Gasteiger partial charge on any atom is -0.295 e. The minimum absolute atomic E-state index is 0.0687. The maximum atomic E-state index is 13.1. The monoisotopic (exact) mass is 178 g/mol. The number of carbonyl (C=O) groups excluding carboxylic acids is 1. The highest BCUT2D eigenvalue weighted by atomic mass is 19.1. The summed E-state index contributed by atoms with van der Waals surface area (Å²) in [5.41, 5.74) is 1.14. The molecule has 13 heavy (non-hydrogen) atoms. The summed E-state index contributed by atoms with van der Waals surface area (Å²) in [5.74, 6) is -0.363. The van der Waals surface area contributed by atoms with E-state index in [0.717, 1.165) is 0 Å². The molecular weight excluding hydrogens is 167 g/mol. The molecule has 0 unspecified atom stereocenters. The smallest absolute Gasteiger partial charge is 0.152 e. The Kier molecular flexibility index (Phi) is 2.96. The van der Waals surface area contributed by atoms with Crippen molar-refractivity contribution in [1.29, 1.82) is 0 Å². The molecule has 0 saturated heterocycles. The number of allylic oxidation sites excluding steroid dienone is 2. The summed E-state index contributed by atoms with van der Waals surface area (Å²) in [6, 6.07) is 6.41. The number of hydrogen-bond acceptors (Lipinski definition) is 1. The van der Waals surface area contributed by atoms with Gasteiger partial charge >= 0.3 is 0 Å². The van der Waals surface area contributed by atoms with Crippen LogP contribution < -0.4 is 0 Å². The van der Waals surface area contributed by atoms with Crippen LogP contribution in [0.4, 0.5) is 4.39 Å². The van der Waals surface area contributed by atoms with Gasteiger partial charge in [0, 0.05) is 5.56 Å². The maximum absolute atomic E-state index is 13.1. The van der Waals surface area contributed by atoms with E-state index in [0.29, 0.717) is 11.1 Å². The van der Waals surface area contributed by atoms with Crippen LogP contribution in [0.3, 0.4) is 0 Å². The van der Waals surface area contributed by atoms with E-state index in [1.165, 1.54) is 19.1 Å². The Labute approximate surface area is 76.9 Å². The number of ketones is 1. The Morgan fingerprint density at radius 1 is 1.31 bits per heavy atom. The van der Waals surface area contributed by atoms with Gasteiger partial charge in [-0.3, -0.25) is 4.79 Å². The molecule has 0 amide bonds.